The Labute approximate surface area is 125 Å². The zero-order valence-corrected chi connectivity index (χ0v) is 12.2. The number of aromatic nitrogens is 2. The summed E-state index contributed by atoms with van der Waals surface area (Å²) in [6, 6.07) is 10.3. The molecule has 4 nitrogen and oxygen atoms in total. The number of carbonyl (C=O) groups is 1. The molecule has 3 rings (SSSR count). The first-order valence-electron chi connectivity index (χ1n) is 7.64. The molecule has 2 heterocycles. The van der Waals surface area contributed by atoms with Crippen molar-refractivity contribution in [3.8, 4) is 0 Å². The van der Waals surface area contributed by atoms with Crippen molar-refractivity contribution in [2.75, 3.05) is 13.1 Å². The van der Waals surface area contributed by atoms with Gasteiger partial charge in [0.15, 0.2) is 5.82 Å². The van der Waals surface area contributed by atoms with Gasteiger partial charge in [0.25, 0.3) is 0 Å². The molecule has 2 aromatic rings. The number of Topliss-reactive ketones (excluding diaryl/α,β-unsaturated/α-hetero) is 1. The van der Waals surface area contributed by atoms with Gasteiger partial charge >= 0.3 is 0 Å². The monoisotopic (exact) mass is 283 g/mol. The molecule has 21 heavy (non-hydrogen) atoms. The summed E-state index contributed by atoms with van der Waals surface area (Å²) < 4.78 is 2.00. The summed E-state index contributed by atoms with van der Waals surface area (Å²) in [5, 5.41) is 3.30. The molecule has 1 fully saturated rings. The summed E-state index contributed by atoms with van der Waals surface area (Å²) in [7, 11) is 0. The lowest BCUT2D eigenvalue weighted by Gasteiger charge is -2.21. The number of carbonyl (C=O) groups excluding carboxylic acids is 1. The highest BCUT2D eigenvalue weighted by molar-refractivity contribution is 5.94. The maximum Gasteiger partial charge on any atom is 0.201 e. The van der Waals surface area contributed by atoms with Crippen molar-refractivity contribution in [2.45, 2.75) is 25.8 Å². The van der Waals surface area contributed by atoms with E-state index in [1.165, 1.54) is 5.56 Å². The van der Waals surface area contributed by atoms with E-state index in [2.05, 4.69) is 22.4 Å². The number of aryl methyl sites for hydroxylation is 2. The molecule has 0 spiro atoms. The van der Waals surface area contributed by atoms with Crippen LogP contribution in [0.5, 0.6) is 0 Å². The first kappa shape index (κ1) is 14.0. The van der Waals surface area contributed by atoms with Crippen LogP contribution < -0.4 is 5.32 Å². The fourth-order valence-electron chi connectivity index (χ4n) is 2.88. The van der Waals surface area contributed by atoms with Gasteiger partial charge in [0.05, 0.1) is 0 Å². The predicted octanol–water partition coefficient (Wildman–Crippen LogP) is 2.31. The minimum Gasteiger partial charge on any atom is -0.328 e. The lowest BCUT2D eigenvalue weighted by atomic mass is 9.93. The average molecular weight is 283 g/mol. The van der Waals surface area contributed by atoms with E-state index in [-0.39, 0.29) is 11.7 Å². The van der Waals surface area contributed by atoms with Crippen LogP contribution >= 0.6 is 0 Å². The first-order chi connectivity index (χ1) is 10.3. The average Bonchev–Trinajstić information content (AvgIpc) is 3.02. The molecule has 1 aliphatic rings. The Kier molecular flexibility index (Phi) is 4.46. The number of imidazole rings is 1. The lowest BCUT2D eigenvalue weighted by Crippen LogP contribution is -2.33. The molecule has 1 aromatic heterocycles. The molecule has 1 aliphatic heterocycles. The van der Waals surface area contributed by atoms with Gasteiger partial charge in [-0.1, -0.05) is 30.3 Å². The molecule has 1 saturated heterocycles. The van der Waals surface area contributed by atoms with E-state index in [0.717, 1.165) is 38.9 Å². The molecular weight excluding hydrogens is 262 g/mol. The summed E-state index contributed by atoms with van der Waals surface area (Å²) in [6.07, 6.45) is 6.41. The third kappa shape index (κ3) is 3.39. The standard InChI is InChI=1S/C17H21N3O/c21-16(15-6-9-18-10-7-15)17-19-11-13-20(17)12-8-14-4-2-1-3-5-14/h1-5,11,13,15,18H,6-10,12H2. The highest BCUT2D eigenvalue weighted by Gasteiger charge is 2.25. The summed E-state index contributed by atoms with van der Waals surface area (Å²) in [6.45, 7) is 2.66. The normalized spacial score (nSPS) is 16.0. The number of nitrogens with one attached hydrogen (secondary N) is 1. The second kappa shape index (κ2) is 6.68. The van der Waals surface area contributed by atoms with E-state index in [9.17, 15) is 4.79 Å². The van der Waals surface area contributed by atoms with E-state index >= 15 is 0 Å². The van der Waals surface area contributed by atoms with Gasteiger partial charge in [-0.05, 0) is 37.9 Å². The van der Waals surface area contributed by atoms with Crippen LogP contribution in [0.4, 0.5) is 0 Å². The molecule has 0 aliphatic carbocycles. The molecule has 0 amide bonds. The largest absolute Gasteiger partial charge is 0.328 e. The van der Waals surface area contributed by atoms with Crippen molar-refractivity contribution in [3.05, 3.63) is 54.1 Å². The van der Waals surface area contributed by atoms with Crippen molar-refractivity contribution in [1.82, 2.24) is 14.9 Å². The van der Waals surface area contributed by atoms with Crippen LogP contribution in [0.25, 0.3) is 0 Å². The van der Waals surface area contributed by atoms with Gasteiger partial charge < -0.3 is 9.88 Å². The van der Waals surface area contributed by atoms with Crippen LogP contribution in [0, 0.1) is 5.92 Å². The number of hydrogen-bond donors (Lipinski definition) is 1. The smallest absolute Gasteiger partial charge is 0.201 e. The SMILES string of the molecule is O=C(c1nccn1CCc1ccccc1)C1CCNCC1. The fourth-order valence-corrected chi connectivity index (χ4v) is 2.88. The zero-order chi connectivity index (χ0) is 14.5. The second-order valence-corrected chi connectivity index (χ2v) is 5.57. The van der Waals surface area contributed by atoms with Gasteiger partial charge in [-0.25, -0.2) is 4.98 Å². The van der Waals surface area contributed by atoms with Crippen LogP contribution in [0.2, 0.25) is 0 Å². The van der Waals surface area contributed by atoms with Gasteiger partial charge in [0.1, 0.15) is 0 Å². The summed E-state index contributed by atoms with van der Waals surface area (Å²) >= 11 is 0. The maximum absolute atomic E-state index is 12.6. The molecule has 0 saturated carbocycles. The summed E-state index contributed by atoms with van der Waals surface area (Å²) in [4.78, 5) is 16.9. The first-order valence-corrected chi connectivity index (χ1v) is 7.64. The van der Waals surface area contributed by atoms with Gasteiger partial charge in [-0.2, -0.15) is 0 Å². The molecule has 0 unspecified atom stereocenters. The topological polar surface area (TPSA) is 46.9 Å². The molecule has 1 N–H and O–H groups in total. The lowest BCUT2D eigenvalue weighted by molar-refractivity contribution is 0.0879. The van der Waals surface area contributed by atoms with Crippen LogP contribution in [0.15, 0.2) is 42.7 Å². The number of piperidine rings is 1. The number of benzene rings is 1. The molecule has 0 atom stereocenters. The number of nitrogens with zero attached hydrogens (tertiary/aromatic N) is 2. The molecule has 0 radical (unpaired) electrons. The van der Waals surface area contributed by atoms with E-state index in [1.54, 1.807) is 6.20 Å². The van der Waals surface area contributed by atoms with Gasteiger partial charge in [-0.3, -0.25) is 4.79 Å². The Bertz CT molecular complexity index is 585. The molecule has 4 heteroatoms. The Morgan fingerprint density at radius 3 is 2.76 bits per heavy atom. The van der Waals surface area contributed by atoms with Crippen LogP contribution in [-0.2, 0) is 13.0 Å². The van der Waals surface area contributed by atoms with Crippen LogP contribution in [0.3, 0.4) is 0 Å². The Morgan fingerprint density at radius 1 is 1.24 bits per heavy atom. The van der Waals surface area contributed by atoms with Crippen molar-refractivity contribution >= 4 is 5.78 Å². The van der Waals surface area contributed by atoms with E-state index in [4.69, 9.17) is 0 Å². The Hall–Kier alpha value is -1.94. The molecule has 110 valence electrons. The Balaban J connectivity index is 1.67. The fraction of sp³-hybridized carbons (Fsp3) is 0.412. The van der Waals surface area contributed by atoms with E-state index in [0.29, 0.717) is 5.82 Å². The second-order valence-electron chi connectivity index (χ2n) is 5.57. The van der Waals surface area contributed by atoms with Crippen molar-refractivity contribution < 1.29 is 4.79 Å². The minimum atomic E-state index is 0.129. The summed E-state index contributed by atoms with van der Waals surface area (Å²) in [5.41, 5.74) is 1.28. The zero-order valence-electron chi connectivity index (χ0n) is 12.2. The highest BCUT2D eigenvalue weighted by atomic mass is 16.1. The quantitative estimate of drug-likeness (QED) is 0.857. The minimum absolute atomic E-state index is 0.129. The van der Waals surface area contributed by atoms with Crippen LogP contribution in [0.1, 0.15) is 29.0 Å². The third-order valence-corrected chi connectivity index (χ3v) is 4.13. The van der Waals surface area contributed by atoms with Crippen LogP contribution in [-0.4, -0.2) is 28.4 Å². The van der Waals surface area contributed by atoms with Crippen molar-refractivity contribution in [2.24, 2.45) is 5.92 Å². The molecule has 0 bridgehead atoms. The molecule has 1 aromatic carbocycles. The van der Waals surface area contributed by atoms with Crippen molar-refractivity contribution in [3.63, 3.8) is 0 Å². The maximum atomic E-state index is 12.6. The highest BCUT2D eigenvalue weighted by Crippen LogP contribution is 2.17. The summed E-state index contributed by atoms with van der Waals surface area (Å²) in [5.74, 6) is 0.955. The van der Waals surface area contributed by atoms with Gasteiger partial charge in [0.2, 0.25) is 5.78 Å². The Morgan fingerprint density at radius 2 is 2.00 bits per heavy atom. The number of hydrogen-bond acceptors (Lipinski definition) is 3. The van der Waals surface area contributed by atoms with Crippen molar-refractivity contribution in [1.29, 1.82) is 0 Å². The third-order valence-electron chi connectivity index (χ3n) is 4.13. The number of ketones is 1. The number of rotatable bonds is 5. The predicted molar refractivity (Wildman–Crippen MR) is 82.3 cm³/mol. The van der Waals surface area contributed by atoms with E-state index < -0.39 is 0 Å². The van der Waals surface area contributed by atoms with E-state index in [1.807, 2.05) is 29.0 Å². The van der Waals surface area contributed by atoms with Gasteiger partial charge in [-0.15, -0.1) is 0 Å². The molecular formula is C17H21N3O. The van der Waals surface area contributed by atoms with Gasteiger partial charge in [0, 0.05) is 24.9 Å².